The standard InChI is InChI=1S/C8H12O7S/c1-16-3-5(7(12)13)15-8(14)4(2-9)6(10)11/h4-5,9H,2-3H2,1H3,(H,10,11)(H,12,13). The van der Waals surface area contributed by atoms with Crippen molar-refractivity contribution in [2.75, 3.05) is 18.6 Å². The van der Waals surface area contributed by atoms with Crippen LogP contribution in [0.2, 0.25) is 0 Å². The first-order chi connectivity index (χ1) is 7.43. The Morgan fingerprint density at radius 1 is 1.25 bits per heavy atom. The molecule has 0 heterocycles. The number of carboxylic acids is 2. The minimum Gasteiger partial charge on any atom is -0.481 e. The average molecular weight is 252 g/mol. The molecule has 2 unspecified atom stereocenters. The van der Waals surface area contributed by atoms with E-state index >= 15 is 0 Å². The Balaban J connectivity index is 4.49. The van der Waals surface area contributed by atoms with E-state index in [0.29, 0.717) is 0 Å². The van der Waals surface area contributed by atoms with Crippen LogP contribution in [-0.2, 0) is 19.1 Å². The van der Waals surface area contributed by atoms with Crippen LogP contribution in [-0.4, -0.2) is 57.9 Å². The molecule has 0 fully saturated rings. The van der Waals surface area contributed by atoms with Crippen molar-refractivity contribution in [3.05, 3.63) is 0 Å². The van der Waals surface area contributed by atoms with Gasteiger partial charge in [-0.3, -0.25) is 9.59 Å². The van der Waals surface area contributed by atoms with E-state index in [-0.39, 0.29) is 5.75 Å². The molecule has 0 aromatic carbocycles. The van der Waals surface area contributed by atoms with Gasteiger partial charge in [-0.15, -0.1) is 0 Å². The van der Waals surface area contributed by atoms with Crippen molar-refractivity contribution in [1.29, 1.82) is 0 Å². The highest BCUT2D eigenvalue weighted by atomic mass is 32.2. The number of thioether (sulfide) groups is 1. The number of aliphatic hydroxyl groups excluding tert-OH is 1. The minimum absolute atomic E-state index is 0.0127. The van der Waals surface area contributed by atoms with Crippen LogP contribution in [0.4, 0.5) is 0 Å². The maximum atomic E-state index is 11.2. The van der Waals surface area contributed by atoms with Crippen LogP contribution in [0.1, 0.15) is 0 Å². The van der Waals surface area contributed by atoms with Gasteiger partial charge in [-0.25, -0.2) is 4.79 Å². The highest BCUT2D eigenvalue weighted by Gasteiger charge is 2.31. The van der Waals surface area contributed by atoms with E-state index in [2.05, 4.69) is 4.74 Å². The zero-order valence-corrected chi connectivity index (χ0v) is 9.27. The van der Waals surface area contributed by atoms with Crippen molar-refractivity contribution in [1.82, 2.24) is 0 Å². The fourth-order valence-corrected chi connectivity index (χ4v) is 1.30. The maximum absolute atomic E-state index is 11.2. The van der Waals surface area contributed by atoms with E-state index in [4.69, 9.17) is 15.3 Å². The lowest BCUT2D eigenvalue weighted by molar-refractivity contribution is -0.171. The zero-order valence-electron chi connectivity index (χ0n) is 8.45. The Morgan fingerprint density at radius 3 is 2.12 bits per heavy atom. The second kappa shape index (κ2) is 7.07. The third-order valence-electron chi connectivity index (χ3n) is 1.62. The molecule has 3 N–H and O–H groups in total. The highest BCUT2D eigenvalue weighted by Crippen LogP contribution is 2.07. The number of carbonyl (C=O) groups excluding carboxylic acids is 1. The summed E-state index contributed by atoms with van der Waals surface area (Å²) in [4.78, 5) is 32.2. The van der Waals surface area contributed by atoms with Crippen LogP contribution < -0.4 is 0 Å². The number of rotatable bonds is 7. The molecule has 0 rings (SSSR count). The molecule has 0 saturated carbocycles. The second-order valence-corrected chi connectivity index (χ2v) is 3.70. The molecule has 8 heteroatoms. The fourth-order valence-electron chi connectivity index (χ4n) is 0.783. The lowest BCUT2D eigenvalue weighted by Gasteiger charge is -2.15. The van der Waals surface area contributed by atoms with Crippen molar-refractivity contribution < 1.29 is 34.4 Å². The van der Waals surface area contributed by atoms with Crippen LogP contribution in [0, 0.1) is 5.92 Å². The van der Waals surface area contributed by atoms with Crippen LogP contribution in [0.25, 0.3) is 0 Å². The van der Waals surface area contributed by atoms with Gasteiger partial charge in [-0.05, 0) is 6.26 Å². The SMILES string of the molecule is CSCC(OC(=O)C(CO)C(=O)O)C(=O)O. The molecule has 92 valence electrons. The number of aliphatic hydroxyl groups is 1. The number of hydrogen-bond donors (Lipinski definition) is 3. The lowest BCUT2D eigenvalue weighted by atomic mass is 10.2. The van der Waals surface area contributed by atoms with Gasteiger partial charge in [-0.2, -0.15) is 11.8 Å². The van der Waals surface area contributed by atoms with Gasteiger partial charge in [0.1, 0.15) is 0 Å². The van der Waals surface area contributed by atoms with Crippen molar-refractivity contribution in [2.45, 2.75) is 6.10 Å². The molecule has 0 aliphatic heterocycles. The van der Waals surface area contributed by atoms with Crippen LogP contribution in [0.5, 0.6) is 0 Å². The first kappa shape index (κ1) is 14.7. The van der Waals surface area contributed by atoms with E-state index in [1.807, 2.05) is 0 Å². The Morgan fingerprint density at radius 2 is 1.81 bits per heavy atom. The number of esters is 1. The molecule has 0 spiro atoms. The topological polar surface area (TPSA) is 121 Å². The molecule has 0 radical (unpaired) electrons. The van der Waals surface area contributed by atoms with Crippen molar-refractivity contribution >= 4 is 29.7 Å². The summed E-state index contributed by atoms with van der Waals surface area (Å²) in [5.41, 5.74) is 0. The van der Waals surface area contributed by atoms with Gasteiger partial charge in [-0.1, -0.05) is 0 Å². The molecule has 0 aliphatic rings. The van der Waals surface area contributed by atoms with Crippen LogP contribution in [0.3, 0.4) is 0 Å². The second-order valence-electron chi connectivity index (χ2n) is 2.79. The third-order valence-corrected chi connectivity index (χ3v) is 2.25. The monoisotopic (exact) mass is 252 g/mol. The number of carboxylic acid groups (broad SMARTS) is 2. The summed E-state index contributed by atoms with van der Waals surface area (Å²) in [6.45, 7) is -0.931. The highest BCUT2D eigenvalue weighted by molar-refractivity contribution is 7.98. The van der Waals surface area contributed by atoms with Gasteiger partial charge in [0.2, 0.25) is 6.10 Å². The number of aliphatic carboxylic acids is 2. The molecule has 0 aromatic rings. The van der Waals surface area contributed by atoms with E-state index in [1.54, 1.807) is 6.26 Å². The van der Waals surface area contributed by atoms with Crippen molar-refractivity contribution in [2.24, 2.45) is 5.92 Å². The van der Waals surface area contributed by atoms with E-state index in [1.165, 1.54) is 0 Å². The largest absolute Gasteiger partial charge is 0.481 e. The molecule has 0 saturated heterocycles. The summed E-state index contributed by atoms with van der Waals surface area (Å²) in [5.74, 6) is -5.90. The Kier molecular flexibility index (Phi) is 6.50. The van der Waals surface area contributed by atoms with Gasteiger partial charge in [0.05, 0.1) is 6.61 Å². The number of hydrogen-bond acceptors (Lipinski definition) is 6. The molecule has 0 aromatic heterocycles. The Labute approximate surface area is 95.4 Å². The molecule has 16 heavy (non-hydrogen) atoms. The van der Waals surface area contributed by atoms with Gasteiger partial charge in [0, 0.05) is 5.75 Å². The predicted molar refractivity (Wildman–Crippen MR) is 54.1 cm³/mol. The summed E-state index contributed by atoms with van der Waals surface area (Å²) in [5, 5.41) is 25.8. The molecular formula is C8H12O7S. The molecule has 7 nitrogen and oxygen atoms in total. The molecule has 0 amide bonds. The smallest absolute Gasteiger partial charge is 0.345 e. The van der Waals surface area contributed by atoms with Crippen LogP contribution in [0.15, 0.2) is 0 Å². The Bertz CT molecular complexity index is 278. The molecule has 0 bridgehead atoms. The van der Waals surface area contributed by atoms with Crippen LogP contribution >= 0.6 is 11.8 Å². The van der Waals surface area contributed by atoms with Gasteiger partial charge >= 0.3 is 17.9 Å². The fraction of sp³-hybridized carbons (Fsp3) is 0.625. The average Bonchev–Trinajstić information content (AvgIpc) is 2.17. The van der Waals surface area contributed by atoms with Crippen molar-refractivity contribution in [3.63, 3.8) is 0 Å². The normalized spacial score (nSPS) is 13.9. The first-order valence-electron chi connectivity index (χ1n) is 4.20. The van der Waals surface area contributed by atoms with E-state index < -0.39 is 36.5 Å². The molecule has 2 atom stereocenters. The first-order valence-corrected chi connectivity index (χ1v) is 5.59. The zero-order chi connectivity index (χ0) is 12.7. The summed E-state index contributed by atoms with van der Waals surface area (Å²) < 4.78 is 4.47. The summed E-state index contributed by atoms with van der Waals surface area (Å²) in [6, 6.07) is 0. The number of ether oxygens (including phenoxy) is 1. The van der Waals surface area contributed by atoms with E-state index in [9.17, 15) is 14.4 Å². The summed E-state index contributed by atoms with van der Waals surface area (Å²) in [6.07, 6.45) is 0.209. The quantitative estimate of drug-likeness (QED) is 0.391. The molecule has 0 aliphatic carbocycles. The van der Waals surface area contributed by atoms with Gasteiger partial charge < -0.3 is 20.1 Å². The van der Waals surface area contributed by atoms with Crippen molar-refractivity contribution in [3.8, 4) is 0 Å². The Hall–Kier alpha value is -1.28. The maximum Gasteiger partial charge on any atom is 0.345 e. The number of carbonyl (C=O) groups is 3. The minimum atomic E-state index is -1.75. The third kappa shape index (κ3) is 4.49. The summed E-state index contributed by atoms with van der Waals surface area (Å²) >= 11 is 1.14. The van der Waals surface area contributed by atoms with Gasteiger partial charge in [0.15, 0.2) is 5.92 Å². The molecular weight excluding hydrogens is 240 g/mol. The van der Waals surface area contributed by atoms with E-state index in [0.717, 1.165) is 11.8 Å². The summed E-state index contributed by atoms with van der Waals surface area (Å²) in [7, 11) is 0. The van der Waals surface area contributed by atoms with Gasteiger partial charge in [0.25, 0.3) is 0 Å². The lowest BCUT2D eigenvalue weighted by Crippen LogP contribution is -2.36. The predicted octanol–water partition coefficient (Wildman–Crippen LogP) is -0.961.